The lowest BCUT2D eigenvalue weighted by Crippen LogP contribution is -2.15. The van der Waals surface area contributed by atoms with Gasteiger partial charge < -0.3 is 19.9 Å². The van der Waals surface area contributed by atoms with E-state index in [1.165, 1.54) is 0 Å². The standard InChI is InChI=1S/C13H21NO3/c1-9(14)5-6-11-12(16-3)7-10(15-2)8-13(11)17-4/h7-9H,5-6,14H2,1-4H3. The molecule has 2 N–H and O–H groups in total. The van der Waals surface area contributed by atoms with E-state index in [0.717, 1.165) is 35.7 Å². The fourth-order valence-electron chi connectivity index (χ4n) is 1.70. The predicted molar refractivity (Wildman–Crippen MR) is 68.1 cm³/mol. The number of benzene rings is 1. The van der Waals surface area contributed by atoms with Gasteiger partial charge in [-0.3, -0.25) is 0 Å². The van der Waals surface area contributed by atoms with E-state index in [1.54, 1.807) is 21.3 Å². The zero-order valence-electron chi connectivity index (χ0n) is 10.9. The first-order chi connectivity index (χ1) is 8.12. The summed E-state index contributed by atoms with van der Waals surface area (Å²) in [6, 6.07) is 3.88. The second kappa shape index (κ2) is 6.35. The molecule has 17 heavy (non-hydrogen) atoms. The summed E-state index contributed by atoms with van der Waals surface area (Å²) in [5.74, 6) is 2.28. The molecule has 0 saturated heterocycles. The van der Waals surface area contributed by atoms with Crippen LogP contribution in [0, 0.1) is 0 Å². The molecule has 0 fully saturated rings. The lowest BCUT2D eigenvalue weighted by molar-refractivity contribution is 0.367. The van der Waals surface area contributed by atoms with E-state index in [2.05, 4.69) is 0 Å². The van der Waals surface area contributed by atoms with Crippen molar-refractivity contribution in [2.45, 2.75) is 25.8 Å². The Morgan fingerprint density at radius 3 is 1.94 bits per heavy atom. The van der Waals surface area contributed by atoms with Gasteiger partial charge in [0.2, 0.25) is 0 Å². The first kappa shape index (κ1) is 13.6. The molecule has 1 aromatic carbocycles. The zero-order chi connectivity index (χ0) is 12.8. The van der Waals surface area contributed by atoms with Crippen molar-refractivity contribution in [2.24, 2.45) is 5.73 Å². The van der Waals surface area contributed by atoms with Gasteiger partial charge in [0.15, 0.2) is 0 Å². The van der Waals surface area contributed by atoms with Crippen LogP contribution in [0.3, 0.4) is 0 Å². The summed E-state index contributed by atoms with van der Waals surface area (Å²) >= 11 is 0. The van der Waals surface area contributed by atoms with Crippen LogP contribution in [0.15, 0.2) is 12.1 Å². The lowest BCUT2D eigenvalue weighted by atomic mass is 10.0. The summed E-state index contributed by atoms with van der Waals surface area (Å²) in [4.78, 5) is 0. The van der Waals surface area contributed by atoms with Crippen molar-refractivity contribution in [2.75, 3.05) is 21.3 Å². The molecular weight excluding hydrogens is 218 g/mol. The van der Waals surface area contributed by atoms with Gasteiger partial charge in [0.25, 0.3) is 0 Å². The molecule has 1 aromatic rings. The number of ether oxygens (including phenoxy) is 3. The van der Waals surface area contributed by atoms with E-state index < -0.39 is 0 Å². The highest BCUT2D eigenvalue weighted by molar-refractivity contribution is 5.50. The van der Waals surface area contributed by atoms with Gasteiger partial charge in [-0.15, -0.1) is 0 Å². The molecule has 4 heteroatoms. The fourth-order valence-corrected chi connectivity index (χ4v) is 1.70. The Labute approximate surface area is 103 Å². The van der Waals surface area contributed by atoms with E-state index >= 15 is 0 Å². The van der Waals surface area contributed by atoms with Crippen molar-refractivity contribution in [3.8, 4) is 17.2 Å². The Balaban J connectivity index is 3.06. The van der Waals surface area contributed by atoms with Crippen molar-refractivity contribution in [1.82, 2.24) is 0 Å². The number of rotatable bonds is 6. The van der Waals surface area contributed by atoms with Gasteiger partial charge in [-0.05, 0) is 19.8 Å². The van der Waals surface area contributed by atoms with Crippen LogP contribution in [-0.4, -0.2) is 27.4 Å². The van der Waals surface area contributed by atoms with Crippen molar-refractivity contribution in [1.29, 1.82) is 0 Å². The van der Waals surface area contributed by atoms with Gasteiger partial charge in [-0.1, -0.05) is 0 Å². The highest BCUT2D eigenvalue weighted by Gasteiger charge is 2.13. The first-order valence-electron chi connectivity index (χ1n) is 5.66. The van der Waals surface area contributed by atoms with E-state index in [0.29, 0.717) is 0 Å². The first-order valence-corrected chi connectivity index (χ1v) is 5.66. The molecule has 1 unspecified atom stereocenters. The molecule has 0 aliphatic heterocycles. The van der Waals surface area contributed by atoms with Crippen LogP contribution in [0.1, 0.15) is 18.9 Å². The molecule has 1 atom stereocenters. The van der Waals surface area contributed by atoms with Gasteiger partial charge in [0.05, 0.1) is 21.3 Å². The zero-order valence-corrected chi connectivity index (χ0v) is 10.9. The van der Waals surface area contributed by atoms with E-state index in [1.807, 2.05) is 19.1 Å². The van der Waals surface area contributed by atoms with Crippen molar-refractivity contribution in [3.63, 3.8) is 0 Å². The van der Waals surface area contributed by atoms with Crippen LogP contribution in [0.2, 0.25) is 0 Å². The number of hydrogen-bond acceptors (Lipinski definition) is 4. The minimum atomic E-state index is 0.159. The third-order valence-corrected chi connectivity index (χ3v) is 2.67. The summed E-state index contributed by atoms with van der Waals surface area (Å²) in [6.07, 6.45) is 1.72. The third kappa shape index (κ3) is 3.53. The minimum absolute atomic E-state index is 0.159. The molecule has 0 aliphatic rings. The Morgan fingerprint density at radius 2 is 1.59 bits per heavy atom. The molecule has 0 aliphatic carbocycles. The average Bonchev–Trinajstić information content (AvgIpc) is 2.34. The van der Waals surface area contributed by atoms with E-state index in [-0.39, 0.29) is 6.04 Å². The van der Waals surface area contributed by atoms with Crippen LogP contribution in [0.5, 0.6) is 17.2 Å². The maximum absolute atomic E-state index is 5.77. The quantitative estimate of drug-likeness (QED) is 0.825. The minimum Gasteiger partial charge on any atom is -0.496 e. The SMILES string of the molecule is COc1cc(OC)c(CCC(C)N)c(OC)c1. The number of methoxy groups -OCH3 is 3. The molecule has 0 saturated carbocycles. The average molecular weight is 239 g/mol. The van der Waals surface area contributed by atoms with E-state index in [4.69, 9.17) is 19.9 Å². The maximum Gasteiger partial charge on any atom is 0.129 e. The summed E-state index contributed by atoms with van der Waals surface area (Å²) in [5, 5.41) is 0. The molecule has 1 rings (SSSR count). The van der Waals surface area contributed by atoms with Crippen LogP contribution >= 0.6 is 0 Å². The second-order valence-electron chi connectivity index (χ2n) is 4.03. The summed E-state index contributed by atoms with van der Waals surface area (Å²) in [6.45, 7) is 1.99. The fraction of sp³-hybridized carbons (Fsp3) is 0.538. The van der Waals surface area contributed by atoms with Gasteiger partial charge in [0.1, 0.15) is 17.2 Å². The Bertz CT molecular complexity index is 339. The Kier molecular flexibility index (Phi) is 5.10. The normalized spacial score (nSPS) is 12.1. The Morgan fingerprint density at radius 1 is 1.06 bits per heavy atom. The Hall–Kier alpha value is -1.42. The van der Waals surface area contributed by atoms with Gasteiger partial charge in [-0.25, -0.2) is 0 Å². The molecule has 0 spiro atoms. The van der Waals surface area contributed by atoms with Gasteiger partial charge in [-0.2, -0.15) is 0 Å². The molecule has 0 heterocycles. The predicted octanol–water partition coefficient (Wildman–Crippen LogP) is 1.99. The van der Waals surface area contributed by atoms with Gasteiger partial charge in [0, 0.05) is 23.7 Å². The van der Waals surface area contributed by atoms with E-state index in [9.17, 15) is 0 Å². The summed E-state index contributed by atoms with van der Waals surface area (Å²) < 4.78 is 15.9. The van der Waals surface area contributed by atoms with Crippen molar-refractivity contribution >= 4 is 0 Å². The van der Waals surface area contributed by atoms with Crippen LogP contribution < -0.4 is 19.9 Å². The van der Waals surface area contributed by atoms with Crippen molar-refractivity contribution < 1.29 is 14.2 Å². The topological polar surface area (TPSA) is 53.7 Å². The van der Waals surface area contributed by atoms with Gasteiger partial charge >= 0.3 is 0 Å². The summed E-state index contributed by atoms with van der Waals surface area (Å²) in [5.41, 5.74) is 6.81. The lowest BCUT2D eigenvalue weighted by Gasteiger charge is -2.15. The molecule has 0 aromatic heterocycles. The molecule has 4 nitrogen and oxygen atoms in total. The monoisotopic (exact) mass is 239 g/mol. The molecule has 0 radical (unpaired) electrons. The van der Waals surface area contributed by atoms with Crippen LogP contribution in [-0.2, 0) is 6.42 Å². The van der Waals surface area contributed by atoms with Crippen molar-refractivity contribution in [3.05, 3.63) is 17.7 Å². The second-order valence-corrected chi connectivity index (χ2v) is 4.03. The molecule has 0 amide bonds. The highest BCUT2D eigenvalue weighted by Crippen LogP contribution is 2.34. The summed E-state index contributed by atoms with van der Waals surface area (Å²) in [7, 11) is 4.91. The molecule has 0 bridgehead atoms. The largest absolute Gasteiger partial charge is 0.496 e. The number of nitrogens with two attached hydrogens (primary N) is 1. The molecular formula is C13H21NO3. The smallest absolute Gasteiger partial charge is 0.129 e. The number of hydrogen-bond donors (Lipinski definition) is 1. The highest BCUT2D eigenvalue weighted by atomic mass is 16.5. The third-order valence-electron chi connectivity index (χ3n) is 2.67. The maximum atomic E-state index is 5.77. The van der Waals surface area contributed by atoms with Crippen LogP contribution in [0.4, 0.5) is 0 Å². The molecule has 96 valence electrons. The van der Waals surface area contributed by atoms with Crippen LogP contribution in [0.25, 0.3) is 0 Å².